The van der Waals surface area contributed by atoms with Crippen molar-refractivity contribution < 1.29 is 4.42 Å². The Kier molecular flexibility index (Phi) is 8.40. The van der Waals surface area contributed by atoms with Gasteiger partial charge < -0.3 is 9.73 Å². The first-order valence-corrected chi connectivity index (χ1v) is 6.44. The number of piperidine rings is 1. The van der Waals surface area contributed by atoms with Crippen LogP contribution in [-0.2, 0) is 0 Å². The van der Waals surface area contributed by atoms with Crippen LogP contribution in [0, 0.1) is 0 Å². The van der Waals surface area contributed by atoms with E-state index in [1.807, 2.05) is 17.5 Å². The topological polar surface area (TPSA) is 38.1 Å². The number of nitrogens with one attached hydrogen (secondary N) is 1. The molecule has 16 heavy (non-hydrogen) atoms. The standard InChI is InChI=1S/C5H11N.C4H4O.C3H3NS/c1-2-4-6-5-3-1;1-2-4-5-3-1;1-2-5-3-4-1/h6H,1-5H2;1-4H;1-3H. The average Bonchev–Trinajstić information content (AvgIpc) is 3.10. The number of aromatic nitrogens is 1. The van der Waals surface area contributed by atoms with Gasteiger partial charge in [-0.05, 0) is 38.1 Å². The third-order valence-corrected chi connectivity index (χ3v) is 2.50. The predicted molar refractivity (Wildman–Crippen MR) is 67.5 cm³/mol. The van der Waals surface area contributed by atoms with Crippen LogP contribution in [-0.4, -0.2) is 18.1 Å². The summed E-state index contributed by atoms with van der Waals surface area (Å²) in [5.74, 6) is 0. The molecule has 1 N–H and O–H groups in total. The summed E-state index contributed by atoms with van der Waals surface area (Å²) >= 11 is 1.60. The van der Waals surface area contributed by atoms with Crippen LogP contribution in [0.1, 0.15) is 19.3 Å². The fourth-order valence-electron chi connectivity index (χ4n) is 1.20. The molecule has 1 aliphatic rings. The van der Waals surface area contributed by atoms with Crippen LogP contribution < -0.4 is 5.32 Å². The molecular weight excluding hydrogens is 220 g/mol. The zero-order chi connectivity index (χ0) is 11.3. The molecular formula is C12H18N2OS. The van der Waals surface area contributed by atoms with Gasteiger partial charge in [0.1, 0.15) is 0 Å². The van der Waals surface area contributed by atoms with Crippen molar-refractivity contribution in [1.29, 1.82) is 0 Å². The quantitative estimate of drug-likeness (QED) is 0.766. The molecule has 0 amide bonds. The third kappa shape index (κ3) is 8.20. The Morgan fingerprint density at radius 2 is 1.81 bits per heavy atom. The summed E-state index contributed by atoms with van der Waals surface area (Å²) in [6, 6.07) is 3.67. The van der Waals surface area contributed by atoms with Crippen LogP contribution in [0.25, 0.3) is 0 Å². The van der Waals surface area contributed by atoms with Gasteiger partial charge in [0.2, 0.25) is 0 Å². The molecule has 1 fully saturated rings. The SMILES string of the molecule is C1CCNCC1.c1ccoc1.c1cscn1. The minimum absolute atomic E-state index is 1.25. The maximum absolute atomic E-state index is 4.58. The molecule has 3 nitrogen and oxygen atoms in total. The van der Waals surface area contributed by atoms with Crippen molar-refractivity contribution >= 4 is 11.3 Å². The molecule has 0 saturated carbocycles. The maximum Gasteiger partial charge on any atom is 0.0902 e. The summed E-state index contributed by atoms with van der Waals surface area (Å²) in [5, 5.41) is 5.22. The first-order valence-electron chi connectivity index (χ1n) is 5.50. The predicted octanol–water partition coefficient (Wildman–Crippen LogP) is 3.18. The zero-order valence-corrected chi connectivity index (χ0v) is 10.2. The maximum atomic E-state index is 4.58. The molecule has 3 heterocycles. The normalized spacial score (nSPS) is 14.0. The number of hydrogen-bond donors (Lipinski definition) is 1. The highest BCUT2D eigenvalue weighted by Gasteiger charge is 1.93. The Morgan fingerprint density at radius 3 is 2.00 bits per heavy atom. The van der Waals surface area contributed by atoms with E-state index in [1.165, 1.54) is 32.4 Å². The highest BCUT2D eigenvalue weighted by molar-refractivity contribution is 7.07. The van der Waals surface area contributed by atoms with E-state index in [2.05, 4.69) is 14.7 Å². The Balaban J connectivity index is 0.000000121. The van der Waals surface area contributed by atoms with Gasteiger partial charge in [0, 0.05) is 11.6 Å². The second kappa shape index (κ2) is 10.4. The van der Waals surface area contributed by atoms with Gasteiger partial charge in [0.15, 0.2) is 0 Å². The lowest BCUT2D eigenvalue weighted by atomic mass is 10.2. The summed E-state index contributed by atoms with van der Waals surface area (Å²) in [5.41, 5.74) is 1.79. The van der Waals surface area contributed by atoms with Crippen LogP contribution in [0.5, 0.6) is 0 Å². The molecule has 0 aliphatic carbocycles. The molecule has 2 aromatic heterocycles. The van der Waals surface area contributed by atoms with Crippen molar-refractivity contribution in [3.8, 4) is 0 Å². The fraction of sp³-hybridized carbons (Fsp3) is 0.417. The number of hydrogen-bond acceptors (Lipinski definition) is 4. The highest BCUT2D eigenvalue weighted by Crippen LogP contribution is 1.96. The molecule has 4 heteroatoms. The molecule has 0 bridgehead atoms. The van der Waals surface area contributed by atoms with Gasteiger partial charge in [0.05, 0.1) is 18.0 Å². The van der Waals surface area contributed by atoms with E-state index >= 15 is 0 Å². The molecule has 0 radical (unpaired) electrons. The van der Waals surface area contributed by atoms with E-state index in [0.29, 0.717) is 0 Å². The number of thiazole rings is 1. The third-order valence-electron chi connectivity index (χ3n) is 1.98. The minimum Gasteiger partial charge on any atom is -0.473 e. The van der Waals surface area contributed by atoms with Gasteiger partial charge >= 0.3 is 0 Å². The average molecular weight is 238 g/mol. The Hall–Kier alpha value is -1.13. The lowest BCUT2D eigenvalue weighted by Crippen LogP contribution is -2.21. The van der Waals surface area contributed by atoms with Crippen LogP contribution >= 0.6 is 11.3 Å². The summed E-state index contributed by atoms with van der Waals surface area (Å²) in [6.45, 7) is 2.50. The van der Waals surface area contributed by atoms with Crippen LogP contribution in [0.3, 0.4) is 0 Å². The van der Waals surface area contributed by atoms with E-state index in [4.69, 9.17) is 0 Å². The van der Waals surface area contributed by atoms with Crippen molar-refractivity contribution in [3.05, 3.63) is 41.7 Å². The molecule has 0 spiro atoms. The smallest absolute Gasteiger partial charge is 0.0902 e. The lowest BCUT2D eigenvalue weighted by molar-refractivity contribution is 0.520. The van der Waals surface area contributed by atoms with Gasteiger partial charge in [-0.25, -0.2) is 0 Å². The van der Waals surface area contributed by atoms with E-state index in [0.717, 1.165) is 0 Å². The fourth-order valence-corrected chi connectivity index (χ4v) is 1.56. The largest absolute Gasteiger partial charge is 0.473 e. The molecule has 2 aromatic rings. The van der Waals surface area contributed by atoms with Gasteiger partial charge in [-0.2, -0.15) is 0 Å². The van der Waals surface area contributed by atoms with Gasteiger partial charge in [-0.15, -0.1) is 11.3 Å². The van der Waals surface area contributed by atoms with Crippen molar-refractivity contribution in [2.45, 2.75) is 19.3 Å². The number of nitrogens with zero attached hydrogens (tertiary/aromatic N) is 1. The molecule has 1 aliphatic heterocycles. The summed E-state index contributed by atoms with van der Waals surface area (Å²) in [6.07, 6.45) is 9.23. The van der Waals surface area contributed by atoms with Crippen LogP contribution in [0.15, 0.2) is 46.2 Å². The minimum atomic E-state index is 1.25. The van der Waals surface area contributed by atoms with Crippen molar-refractivity contribution in [2.75, 3.05) is 13.1 Å². The van der Waals surface area contributed by atoms with E-state index in [-0.39, 0.29) is 0 Å². The van der Waals surface area contributed by atoms with Crippen molar-refractivity contribution in [1.82, 2.24) is 10.3 Å². The first kappa shape index (κ1) is 12.9. The molecule has 3 rings (SSSR count). The van der Waals surface area contributed by atoms with E-state index < -0.39 is 0 Å². The molecule has 0 unspecified atom stereocenters. The highest BCUT2D eigenvalue weighted by atomic mass is 32.1. The van der Waals surface area contributed by atoms with Gasteiger partial charge in [0.25, 0.3) is 0 Å². The summed E-state index contributed by atoms with van der Waals surface area (Å²) < 4.78 is 4.58. The Bertz CT molecular complexity index is 218. The second-order valence-corrected chi connectivity index (χ2v) is 4.03. The number of furan rings is 1. The summed E-state index contributed by atoms with van der Waals surface area (Å²) in [4.78, 5) is 3.74. The Morgan fingerprint density at radius 1 is 1.06 bits per heavy atom. The van der Waals surface area contributed by atoms with Crippen molar-refractivity contribution in [2.24, 2.45) is 0 Å². The van der Waals surface area contributed by atoms with Crippen molar-refractivity contribution in [3.63, 3.8) is 0 Å². The van der Waals surface area contributed by atoms with E-state index in [1.54, 1.807) is 35.6 Å². The monoisotopic (exact) mass is 238 g/mol. The first-order chi connectivity index (χ1) is 8.00. The van der Waals surface area contributed by atoms with Crippen LogP contribution in [0.4, 0.5) is 0 Å². The molecule has 0 atom stereocenters. The van der Waals surface area contributed by atoms with Crippen LogP contribution in [0.2, 0.25) is 0 Å². The Labute approximate surface area is 101 Å². The second-order valence-electron chi connectivity index (χ2n) is 3.28. The lowest BCUT2D eigenvalue weighted by Gasteiger charge is -2.08. The zero-order valence-electron chi connectivity index (χ0n) is 9.34. The van der Waals surface area contributed by atoms with Gasteiger partial charge in [-0.1, -0.05) is 6.42 Å². The molecule has 1 saturated heterocycles. The summed E-state index contributed by atoms with van der Waals surface area (Å²) in [7, 11) is 0. The molecule has 88 valence electrons. The number of rotatable bonds is 0. The molecule has 0 aromatic carbocycles. The van der Waals surface area contributed by atoms with E-state index in [9.17, 15) is 0 Å². The van der Waals surface area contributed by atoms with Gasteiger partial charge in [-0.3, -0.25) is 4.98 Å².